The summed E-state index contributed by atoms with van der Waals surface area (Å²) in [5, 5.41) is 0. The second-order valence-corrected chi connectivity index (χ2v) is 7.10. The van der Waals surface area contributed by atoms with Crippen LogP contribution in [0.3, 0.4) is 0 Å². The molecule has 24 heavy (non-hydrogen) atoms. The first kappa shape index (κ1) is 16.1. The topological polar surface area (TPSA) is 120 Å². The average molecular weight is 345 g/mol. The number of benzene rings is 1. The molecule has 8 nitrogen and oxygen atoms in total. The van der Waals surface area contributed by atoms with Crippen molar-refractivity contribution in [1.29, 1.82) is 0 Å². The van der Waals surface area contributed by atoms with Gasteiger partial charge in [-0.1, -0.05) is 6.07 Å². The maximum absolute atomic E-state index is 12.7. The number of nitrogens with one attached hydrogen (secondary N) is 1. The van der Waals surface area contributed by atoms with E-state index in [1.807, 2.05) is 0 Å². The average Bonchev–Trinajstić information content (AvgIpc) is 2.97. The summed E-state index contributed by atoms with van der Waals surface area (Å²) in [6.07, 6.45) is 3.93. The molecule has 0 spiro atoms. The molecule has 2 aromatic heterocycles. The minimum atomic E-state index is -3.34. The Labute approximate surface area is 138 Å². The number of aromatic nitrogens is 3. The summed E-state index contributed by atoms with van der Waals surface area (Å²) in [6.45, 7) is 0.0115. The van der Waals surface area contributed by atoms with E-state index in [-0.39, 0.29) is 12.5 Å². The lowest BCUT2D eigenvalue weighted by molar-refractivity contribution is 0.0964. The lowest BCUT2D eigenvalue weighted by atomic mass is 10.2. The van der Waals surface area contributed by atoms with Crippen LogP contribution in [0.1, 0.15) is 16.1 Å². The molecule has 0 aliphatic rings. The van der Waals surface area contributed by atoms with Crippen LogP contribution in [0.15, 0.2) is 42.9 Å². The van der Waals surface area contributed by atoms with Crippen LogP contribution in [-0.2, 0) is 16.6 Å². The van der Waals surface area contributed by atoms with Crippen molar-refractivity contribution < 1.29 is 13.2 Å². The lowest BCUT2D eigenvalue weighted by Gasteiger charge is -2.06. The summed E-state index contributed by atoms with van der Waals surface area (Å²) in [5.74, 6) is -0.300. The van der Waals surface area contributed by atoms with Gasteiger partial charge in [-0.15, -0.1) is 0 Å². The molecule has 0 radical (unpaired) electrons. The Hall–Kier alpha value is -2.78. The van der Waals surface area contributed by atoms with Gasteiger partial charge in [-0.3, -0.25) is 14.3 Å². The fourth-order valence-electron chi connectivity index (χ4n) is 2.28. The van der Waals surface area contributed by atoms with Crippen molar-refractivity contribution in [3.05, 3.63) is 54.1 Å². The molecular weight excluding hydrogens is 330 g/mol. The van der Waals surface area contributed by atoms with Crippen molar-refractivity contribution in [3.8, 4) is 0 Å². The van der Waals surface area contributed by atoms with E-state index in [0.717, 1.165) is 6.26 Å². The highest BCUT2D eigenvalue weighted by molar-refractivity contribution is 7.88. The third-order valence-corrected chi connectivity index (χ3v) is 4.07. The standard InChI is InChI=1S/C15H15N5O3S/c1-24(22,23)19-8-11-7-10(5-6-17-11)15(21)20-9-18-14-12(16)3-2-4-13(14)20/h2-7,9,19H,8,16H2,1H3. The largest absolute Gasteiger partial charge is 0.397 e. The molecule has 1 aromatic carbocycles. The van der Waals surface area contributed by atoms with Gasteiger partial charge in [-0.25, -0.2) is 18.1 Å². The van der Waals surface area contributed by atoms with Crippen LogP contribution in [0, 0.1) is 0 Å². The number of hydrogen-bond donors (Lipinski definition) is 2. The fraction of sp³-hybridized carbons (Fsp3) is 0.133. The molecule has 0 bridgehead atoms. The van der Waals surface area contributed by atoms with Crippen LogP contribution >= 0.6 is 0 Å². The smallest absolute Gasteiger partial charge is 0.263 e. The third kappa shape index (κ3) is 3.26. The molecule has 0 aliphatic carbocycles. The molecule has 124 valence electrons. The van der Waals surface area contributed by atoms with E-state index in [9.17, 15) is 13.2 Å². The van der Waals surface area contributed by atoms with Gasteiger partial charge in [0.15, 0.2) is 0 Å². The number of rotatable bonds is 4. The Kier molecular flexibility index (Phi) is 4.04. The number of hydrogen-bond acceptors (Lipinski definition) is 6. The number of carbonyl (C=O) groups excluding carboxylic acids is 1. The number of nitrogens with two attached hydrogens (primary N) is 1. The number of para-hydroxylation sites is 1. The van der Waals surface area contributed by atoms with Crippen molar-refractivity contribution in [2.75, 3.05) is 12.0 Å². The van der Waals surface area contributed by atoms with Gasteiger partial charge in [0, 0.05) is 11.8 Å². The van der Waals surface area contributed by atoms with Crippen LogP contribution in [0.5, 0.6) is 0 Å². The molecule has 3 aromatic rings. The van der Waals surface area contributed by atoms with Gasteiger partial charge in [0.1, 0.15) is 11.8 Å². The highest BCUT2D eigenvalue weighted by Crippen LogP contribution is 2.20. The fourth-order valence-corrected chi connectivity index (χ4v) is 2.69. The normalized spacial score (nSPS) is 11.7. The molecule has 2 heterocycles. The first-order valence-corrected chi connectivity index (χ1v) is 8.90. The van der Waals surface area contributed by atoms with Gasteiger partial charge in [-0.2, -0.15) is 0 Å². The summed E-state index contributed by atoms with van der Waals surface area (Å²) in [4.78, 5) is 20.9. The van der Waals surface area contributed by atoms with Crippen molar-refractivity contribution in [2.45, 2.75) is 6.54 Å². The number of fused-ring (bicyclic) bond motifs is 1. The summed E-state index contributed by atoms with van der Waals surface area (Å²) >= 11 is 0. The van der Waals surface area contributed by atoms with Crippen LogP contribution in [0.4, 0.5) is 5.69 Å². The summed E-state index contributed by atoms with van der Waals surface area (Å²) in [6, 6.07) is 8.32. The van der Waals surface area contributed by atoms with Crippen molar-refractivity contribution in [2.24, 2.45) is 0 Å². The molecule has 0 fully saturated rings. The van der Waals surface area contributed by atoms with E-state index in [1.54, 1.807) is 30.3 Å². The number of nitrogens with zero attached hydrogens (tertiary/aromatic N) is 3. The van der Waals surface area contributed by atoms with Crippen LogP contribution in [-0.4, -0.2) is 35.1 Å². The quantitative estimate of drug-likeness (QED) is 0.673. The molecule has 0 saturated carbocycles. The predicted molar refractivity (Wildman–Crippen MR) is 89.8 cm³/mol. The van der Waals surface area contributed by atoms with Crippen molar-refractivity contribution >= 4 is 32.7 Å². The summed E-state index contributed by atoms with van der Waals surface area (Å²) in [7, 11) is -3.34. The summed E-state index contributed by atoms with van der Waals surface area (Å²) < 4.78 is 26.1. The Balaban J connectivity index is 1.93. The van der Waals surface area contributed by atoms with Gasteiger partial charge in [0.2, 0.25) is 10.0 Å². The number of anilines is 1. The maximum Gasteiger partial charge on any atom is 0.263 e. The van der Waals surface area contributed by atoms with Gasteiger partial charge in [-0.05, 0) is 24.3 Å². The van der Waals surface area contributed by atoms with E-state index >= 15 is 0 Å². The molecule has 0 unspecified atom stereocenters. The number of pyridine rings is 1. The minimum Gasteiger partial charge on any atom is -0.397 e. The molecule has 0 atom stereocenters. The Bertz CT molecular complexity index is 1030. The molecule has 3 rings (SSSR count). The first-order valence-electron chi connectivity index (χ1n) is 7.01. The zero-order chi connectivity index (χ0) is 17.3. The van der Waals surface area contributed by atoms with E-state index in [2.05, 4.69) is 14.7 Å². The molecule has 0 aliphatic heterocycles. The van der Waals surface area contributed by atoms with Crippen molar-refractivity contribution in [1.82, 2.24) is 19.3 Å². The van der Waals surface area contributed by atoms with E-state index in [0.29, 0.717) is 28.0 Å². The van der Waals surface area contributed by atoms with Gasteiger partial charge in [0.25, 0.3) is 5.91 Å². The Morgan fingerprint density at radius 1 is 1.29 bits per heavy atom. The number of carbonyl (C=O) groups is 1. The number of imidazole rings is 1. The minimum absolute atomic E-state index is 0.0115. The van der Waals surface area contributed by atoms with E-state index < -0.39 is 10.0 Å². The molecular formula is C15H15N5O3S. The van der Waals surface area contributed by atoms with E-state index in [1.165, 1.54) is 17.1 Å². The first-order chi connectivity index (χ1) is 11.3. The van der Waals surface area contributed by atoms with Crippen LogP contribution < -0.4 is 10.5 Å². The van der Waals surface area contributed by atoms with Gasteiger partial charge < -0.3 is 5.73 Å². The monoisotopic (exact) mass is 345 g/mol. The number of nitrogen functional groups attached to an aromatic ring is 1. The van der Waals surface area contributed by atoms with Gasteiger partial charge >= 0.3 is 0 Å². The number of sulfonamides is 1. The molecule has 0 amide bonds. The van der Waals surface area contributed by atoms with E-state index in [4.69, 9.17) is 5.73 Å². The lowest BCUT2D eigenvalue weighted by Crippen LogP contribution is -2.22. The van der Waals surface area contributed by atoms with Crippen LogP contribution in [0.2, 0.25) is 0 Å². The Morgan fingerprint density at radius 3 is 2.83 bits per heavy atom. The molecule has 3 N–H and O–H groups in total. The predicted octanol–water partition coefficient (Wildman–Crippen LogP) is 0.751. The maximum atomic E-state index is 12.7. The Morgan fingerprint density at radius 2 is 2.08 bits per heavy atom. The van der Waals surface area contributed by atoms with Crippen molar-refractivity contribution in [3.63, 3.8) is 0 Å². The highest BCUT2D eigenvalue weighted by atomic mass is 32.2. The zero-order valence-corrected chi connectivity index (χ0v) is 13.6. The summed E-state index contributed by atoms with van der Waals surface area (Å²) in [5.41, 5.74) is 8.31. The molecule has 9 heteroatoms. The second kappa shape index (κ2) is 6.02. The second-order valence-electron chi connectivity index (χ2n) is 5.26. The highest BCUT2D eigenvalue weighted by Gasteiger charge is 2.14. The zero-order valence-electron chi connectivity index (χ0n) is 12.8. The van der Waals surface area contributed by atoms with Gasteiger partial charge in [0.05, 0.1) is 29.7 Å². The van der Waals surface area contributed by atoms with Crippen LogP contribution in [0.25, 0.3) is 11.0 Å². The SMILES string of the molecule is CS(=O)(=O)NCc1cc(C(=O)n2cnc3c(N)cccc32)ccn1. The molecule has 0 saturated heterocycles. The third-order valence-electron chi connectivity index (χ3n) is 3.41.